The zero-order valence-corrected chi connectivity index (χ0v) is 13.2. The number of hydrogen-bond acceptors (Lipinski definition) is 2. The Balaban J connectivity index is 2.20. The summed E-state index contributed by atoms with van der Waals surface area (Å²) >= 11 is 3.43. The standard InChI is InChI=1S/C16H19BrN2/c1-11-4-5-13(8-12(11)2)10-19(3)16-7-6-14(17)9-15(16)18/h4-9H,10,18H2,1-3H3. The maximum Gasteiger partial charge on any atom is 0.0601 e. The van der Waals surface area contributed by atoms with E-state index in [1.54, 1.807) is 0 Å². The van der Waals surface area contributed by atoms with Crippen LogP contribution >= 0.6 is 15.9 Å². The molecule has 100 valence electrons. The quantitative estimate of drug-likeness (QED) is 0.856. The number of halogens is 1. The summed E-state index contributed by atoms with van der Waals surface area (Å²) in [5.41, 5.74) is 11.9. The summed E-state index contributed by atoms with van der Waals surface area (Å²) in [4.78, 5) is 2.17. The highest BCUT2D eigenvalue weighted by Gasteiger charge is 2.07. The zero-order valence-electron chi connectivity index (χ0n) is 11.6. The van der Waals surface area contributed by atoms with Crippen LogP contribution in [-0.4, -0.2) is 7.05 Å². The van der Waals surface area contributed by atoms with Gasteiger partial charge in [0.05, 0.1) is 11.4 Å². The molecule has 0 bridgehead atoms. The van der Waals surface area contributed by atoms with Crippen molar-refractivity contribution in [2.24, 2.45) is 0 Å². The Hall–Kier alpha value is -1.48. The second-order valence-corrected chi connectivity index (χ2v) is 5.89. The molecule has 2 aromatic rings. The minimum absolute atomic E-state index is 0.792. The Morgan fingerprint density at radius 1 is 1.05 bits per heavy atom. The van der Waals surface area contributed by atoms with Crippen LogP contribution < -0.4 is 10.6 Å². The van der Waals surface area contributed by atoms with E-state index in [2.05, 4.69) is 59.9 Å². The molecule has 0 heterocycles. The minimum atomic E-state index is 0.792. The van der Waals surface area contributed by atoms with Crippen LogP contribution in [0.1, 0.15) is 16.7 Å². The van der Waals surface area contributed by atoms with E-state index in [0.717, 1.165) is 22.4 Å². The van der Waals surface area contributed by atoms with Gasteiger partial charge in [0.15, 0.2) is 0 Å². The highest BCUT2D eigenvalue weighted by molar-refractivity contribution is 9.10. The molecule has 2 rings (SSSR count). The monoisotopic (exact) mass is 318 g/mol. The Morgan fingerprint density at radius 3 is 2.42 bits per heavy atom. The molecule has 0 unspecified atom stereocenters. The van der Waals surface area contributed by atoms with Gasteiger partial charge in [0.2, 0.25) is 0 Å². The lowest BCUT2D eigenvalue weighted by molar-refractivity contribution is 0.922. The smallest absolute Gasteiger partial charge is 0.0601 e. The van der Waals surface area contributed by atoms with Crippen molar-refractivity contribution in [2.45, 2.75) is 20.4 Å². The third-order valence-electron chi connectivity index (χ3n) is 3.39. The first-order valence-electron chi connectivity index (χ1n) is 6.29. The lowest BCUT2D eigenvalue weighted by atomic mass is 10.1. The molecule has 0 aliphatic rings. The molecule has 2 aromatic carbocycles. The number of nitrogen functional groups attached to an aromatic ring is 1. The molecule has 3 heteroatoms. The van der Waals surface area contributed by atoms with Crippen molar-refractivity contribution >= 4 is 27.3 Å². The normalized spacial score (nSPS) is 10.5. The molecule has 0 saturated carbocycles. The fourth-order valence-corrected chi connectivity index (χ4v) is 2.51. The summed E-state index contributed by atoms with van der Waals surface area (Å²) in [7, 11) is 2.06. The molecule has 19 heavy (non-hydrogen) atoms. The van der Waals surface area contributed by atoms with E-state index in [9.17, 15) is 0 Å². The lowest BCUT2D eigenvalue weighted by Crippen LogP contribution is -2.17. The number of hydrogen-bond donors (Lipinski definition) is 1. The average Bonchev–Trinajstić information content (AvgIpc) is 2.33. The summed E-state index contributed by atoms with van der Waals surface area (Å²) < 4.78 is 1.01. The summed E-state index contributed by atoms with van der Waals surface area (Å²) in [6.45, 7) is 5.13. The van der Waals surface area contributed by atoms with Crippen molar-refractivity contribution in [2.75, 3.05) is 17.7 Å². The molecule has 0 amide bonds. The molecule has 0 spiro atoms. The fraction of sp³-hybridized carbons (Fsp3) is 0.250. The highest BCUT2D eigenvalue weighted by atomic mass is 79.9. The lowest BCUT2D eigenvalue weighted by Gasteiger charge is -2.21. The largest absolute Gasteiger partial charge is 0.397 e. The molecule has 0 aromatic heterocycles. The first-order chi connectivity index (χ1) is 8.97. The second kappa shape index (κ2) is 5.66. The summed E-state index contributed by atoms with van der Waals surface area (Å²) in [5, 5.41) is 0. The molecule has 0 radical (unpaired) electrons. The maximum atomic E-state index is 6.06. The third-order valence-corrected chi connectivity index (χ3v) is 3.89. The second-order valence-electron chi connectivity index (χ2n) is 4.98. The number of aryl methyl sites for hydroxylation is 2. The van der Waals surface area contributed by atoms with Gasteiger partial charge in [-0.15, -0.1) is 0 Å². The van der Waals surface area contributed by atoms with E-state index < -0.39 is 0 Å². The molecular weight excluding hydrogens is 300 g/mol. The van der Waals surface area contributed by atoms with Crippen molar-refractivity contribution in [3.05, 3.63) is 57.6 Å². The van der Waals surface area contributed by atoms with E-state index in [-0.39, 0.29) is 0 Å². The van der Waals surface area contributed by atoms with Crippen molar-refractivity contribution < 1.29 is 0 Å². The van der Waals surface area contributed by atoms with Gasteiger partial charge in [-0.2, -0.15) is 0 Å². The fourth-order valence-electron chi connectivity index (χ4n) is 2.13. The first-order valence-corrected chi connectivity index (χ1v) is 7.09. The predicted octanol–water partition coefficient (Wildman–Crippen LogP) is 4.28. The minimum Gasteiger partial charge on any atom is -0.397 e. The summed E-state index contributed by atoms with van der Waals surface area (Å²) in [5.74, 6) is 0. The van der Waals surface area contributed by atoms with Gasteiger partial charge in [0.25, 0.3) is 0 Å². The van der Waals surface area contributed by atoms with Crippen molar-refractivity contribution in [1.29, 1.82) is 0 Å². The molecular formula is C16H19BrN2. The van der Waals surface area contributed by atoms with Gasteiger partial charge in [0.1, 0.15) is 0 Å². The van der Waals surface area contributed by atoms with Crippen LogP contribution in [0.3, 0.4) is 0 Å². The van der Waals surface area contributed by atoms with Gasteiger partial charge in [0, 0.05) is 18.1 Å². The van der Waals surface area contributed by atoms with Crippen LogP contribution in [0.2, 0.25) is 0 Å². The van der Waals surface area contributed by atoms with E-state index in [1.807, 2.05) is 18.2 Å². The number of nitrogens with zero attached hydrogens (tertiary/aromatic N) is 1. The highest BCUT2D eigenvalue weighted by Crippen LogP contribution is 2.27. The Bertz CT molecular complexity index is 593. The van der Waals surface area contributed by atoms with Crippen LogP contribution in [0.15, 0.2) is 40.9 Å². The SMILES string of the molecule is Cc1ccc(CN(C)c2ccc(Br)cc2N)cc1C. The van der Waals surface area contributed by atoms with Gasteiger partial charge in [-0.25, -0.2) is 0 Å². The van der Waals surface area contributed by atoms with Crippen LogP contribution in [0.5, 0.6) is 0 Å². The summed E-state index contributed by atoms with van der Waals surface area (Å²) in [6, 6.07) is 12.6. The third kappa shape index (κ3) is 3.29. The molecule has 2 N–H and O–H groups in total. The van der Waals surface area contributed by atoms with Crippen LogP contribution in [-0.2, 0) is 6.54 Å². The molecule has 0 atom stereocenters. The summed E-state index contributed by atoms with van der Waals surface area (Å²) in [6.07, 6.45) is 0. The Labute approximate surface area is 123 Å². The van der Waals surface area contributed by atoms with Gasteiger partial charge < -0.3 is 10.6 Å². The van der Waals surface area contributed by atoms with Gasteiger partial charge in [-0.05, 0) is 48.7 Å². The number of anilines is 2. The van der Waals surface area contributed by atoms with E-state index in [0.29, 0.717) is 0 Å². The first kappa shape index (κ1) is 13.9. The van der Waals surface area contributed by atoms with Crippen molar-refractivity contribution in [3.63, 3.8) is 0 Å². The Morgan fingerprint density at radius 2 is 1.79 bits per heavy atom. The van der Waals surface area contributed by atoms with E-state index in [4.69, 9.17) is 5.73 Å². The molecule has 0 aliphatic carbocycles. The zero-order chi connectivity index (χ0) is 14.0. The molecule has 0 aliphatic heterocycles. The van der Waals surface area contributed by atoms with Crippen molar-refractivity contribution in [3.8, 4) is 0 Å². The Kier molecular flexibility index (Phi) is 4.15. The average molecular weight is 319 g/mol. The van der Waals surface area contributed by atoms with E-state index in [1.165, 1.54) is 16.7 Å². The van der Waals surface area contributed by atoms with Crippen LogP contribution in [0, 0.1) is 13.8 Å². The van der Waals surface area contributed by atoms with Crippen LogP contribution in [0.25, 0.3) is 0 Å². The predicted molar refractivity (Wildman–Crippen MR) is 86.6 cm³/mol. The number of benzene rings is 2. The van der Waals surface area contributed by atoms with Crippen molar-refractivity contribution in [1.82, 2.24) is 0 Å². The number of nitrogens with two attached hydrogens (primary N) is 1. The van der Waals surface area contributed by atoms with Gasteiger partial charge in [-0.1, -0.05) is 34.1 Å². The molecule has 2 nitrogen and oxygen atoms in total. The molecule has 0 saturated heterocycles. The number of rotatable bonds is 3. The maximum absolute atomic E-state index is 6.06. The van der Waals surface area contributed by atoms with E-state index >= 15 is 0 Å². The molecule has 0 fully saturated rings. The van der Waals surface area contributed by atoms with Gasteiger partial charge >= 0.3 is 0 Å². The van der Waals surface area contributed by atoms with Crippen LogP contribution in [0.4, 0.5) is 11.4 Å². The van der Waals surface area contributed by atoms with Gasteiger partial charge in [-0.3, -0.25) is 0 Å². The topological polar surface area (TPSA) is 29.3 Å².